The summed E-state index contributed by atoms with van der Waals surface area (Å²) < 4.78 is 35.3. The Kier molecular flexibility index (Phi) is 29.5. The zero-order valence-corrected chi connectivity index (χ0v) is 15.7. The maximum Gasteiger partial charge on any atom is 4.00 e. The molecule has 0 atom stereocenters. The van der Waals surface area contributed by atoms with Crippen LogP contribution in [0.5, 0.6) is 0 Å². The molecule has 0 N–H and O–H groups in total. The first-order chi connectivity index (χ1) is 8.35. The first-order valence-corrected chi connectivity index (χ1v) is 6.71. The maximum absolute atomic E-state index is 11.8. The number of halogens is 3. The molecule has 0 fully saturated rings. The standard InChI is InChI=1S/C5H4F3Si.3C2H6N.Zr/c6-9(7,8)5-3-1-2-4-5;3*1-3-2;/h1-4H;3*1-2H3;/q4*-1;+4. The summed E-state index contributed by atoms with van der Waals surface area (Å²) in [5.41, 5.74) is 0. The Morgan fingerprint density at radius 2 is 0.947 bits per heavy atom. The smallest absolute Gasteiger partial charge is 0.668 e. The molecular formula is C11H22F3N3SiZr. The average molecular weight is 373 g/mol. The molecule has 0 amide bonds. The fraction of sp³-hybridized carbons (Fsp3) is 0.545. The van der Waals surface area contributed by atoms with E-state index in [2.05, 4.69) is 16.0 Å². The van der Waals surface area contributed by atoms with Crippen molar-refractivity contribution >= 4 is 14.3 Å². The maximum atomic E-state index is 11.8. The molecule has 0 saturated heterocycles. The second-order valence-electron chi connectivity index (χ2n) is 3.01. The van der Waals surface area contributed by atoms with E-state index < -0.39 is 14.3 Å². The van der Waals surface area contributed by atoms with Gasteiger partial charge in [0.1, 0.15) is 0 Å². The van der Waals surface area contributed by atoms with Gasteiger partial charge in [0.2, 0.25) is 0 Å². The minimum Gasteiger partial charge on any atom is -0.668 e. The molecule has 0 aliphatic heterocycles. The van der Waals surface area contributed by atoms with Crippen molar-refractivity contribution in [2.45, 2.75) is 0 Å². The summed E-state index contributed by atoms with van der Waals surface area (Å²) in [7, 11) is 5.02. The number of nitrogens with zero attached hydrogens (tertiary/aromatic N) is 3. The molecule has 0 bridgehead atoms. The molecule has 0 aliphatic rings. The van der Waals surface area contributed by atoms with Crippen molar-refractivity contribution in [3.63, 3.8) is 0 Å². The topological polar surface area (TPSA) is 42.3 Å². The van der Waals surface area contributed by atoms with Crippen LogP contribution in [0.2, 0.25) is 0 Å². The van der Waals surface area contributed by atoms with Gasteiger partial charge in [-0.15, -0.1) is 0 Å². The van der Waals surface area contributed by atoms with Crippen molar-refractivity contribution < 1.29 is 38.5 Å². The normalized spacial score (nSPS) is 8.47. The summed E-state index contributed by atoms with van der Waals surface area (Å²) >= 11 is 0. The second kappa shape index (κ2) is 20.4. The number of hydrogen-bond donors (Lipinski definition) is 0. The molecular weight excluding hydrogens is 350 g/mol. The molecule has 0 heterocycles. The third-order valence-electron chi connectivity index (χ3n) is 0.990. The molecule has 0 unspecified atom stereocenters. The first-order valence-electron chi connectivity index (χ1n) is 5.08. The van der Waals surface area contributed by atoms with Crippen LogP contribution in [-0.2, 0) is 26.2 Å². The van der Waals surface area contributed by atoms with Gasteiger partial charge in [0.05, 0.1) is 0 Å². The van der Waals surface area contributed by atoms with E-state index in [4.69, 9.17) is 0 Å². The van der Waals surface area contributed by atoms with Gasteiger partial charge in [-0.1, -0.05) is 5.19 Å². The van der Waals surface area contributed by atoms with Crippen molar-refractivity contribution in [3.05, 3.63) is 40.2 Å². The van der Waals surface area contributed by atoms with Crippen LogP contribution in [0.4, 0.5) is 12.3 Å². The zero-order valence-electron chi connectivity index (χ0n) is 12.3. The van der Waals surface area contributed by atoms with Gasteiger partial charge in [0.25, 0.3) is 0 Å². The summed E-state index contributed by atoms with van der Waals surface area (Å²) in [4.78, 5) is 0. The summed E-state index contributed by atoms with van der Waals surface area (Å²) in [6, 6.07) is 5.00. The molecule has 0 radical (unpaired) electrons. The molecule has 3 nitrogen and oxygen atoms in total. The summed E-state index contributed by atoms with van der Waals surface area (Å²) in [6.45, 7) is 0. The van der Waals surface area contributed by atoms with Crippen LogP contribution in [0.1, 0.15) is 0 Å². The van der Waals surface area contributed by atoms with Crippen molar-refractivity contribution in [2.24, 2.45) is 0 Å². The summed E-state index contributed by atoms with van der Waals surface area (Å²) in [6.07, 6.45) is 0. The van der Waals surface area contributed by atoms with E-state index in [1.165, 1.54) is 12.1 Å². The second-order valence-corrected chi connectivity index (χ2v) is 4.59. The van der Waals surface area contributed by atoms with Crippen LogP contribution in [0.3, 0.4) is 0 Å². The van der Waals surface area contributed by atoms with Gasteiger partial charge in [0, 0.05) is 0 Å². The molecule has 1 aromatic rings. The Labute approximate surface area is 135 Å². The van der Waals surface area contributed by atoms with Gasteiger partial charge in [0.15, 0.2) is 0 Å². The Bertz CT molecular complexity index is 227. The van der Waals surface area contributed by atoms with Gasteiger partial charge < -0.3 is 16.0 Å². The SMILES string of the molecule is C[N-]C.C[N-]C.C[N-]C.F[Si](F)(F)[c-]1cccc1.[Zr+4]. The fourth-order valence-electron chi connectivity index (χ4n) is 0.563. The van der Waals surface area contributed by atoms with E-state index in [0.717, 1.165) is 12.1 Å². The first kappa shape index (κ1) is 27.5. The molecule has 19 heavy (non-hydrogen) atoms. The van der Waals surface area contributed by atoms with E-state index in [1.54, 1.807) is 42.3 Å². The molecule has 0 spiro atoms. The van der Waals surface area contributed by atoms with Crippen LogP contribution in [0, 0.1) is 0 Å². The number of hydrogen-bond acceptors (Lipinski definition) is 0. The third kappa shape index (κ3) is 27.4. The monoisotopic (exact) mass is 371 g/mol. The third-order valence-corrected chi connectivity index (χ3v) is 1.98. The average Bonchev–Trinajstić information content (AvgIpc) is 2.72. The van der Waals surface area contributed by atoms with Gasteiger partial charge in [-0.3, -0.25) is 0 Å². The number of rotatable bonds is 1. The minimum atomic E-state index is -5.48. The Morgan fingerprint density at radius 3 is 1.05 bits per heavy atom. The molecule has 0 aliphatic carbocycles. The van der Waals surface area contributed by atoms with Crippen LogP contribution in [0.15, 0.2) is 24.3 Å². The molecule has 1 aromatic carbocycles. The summed E-state index contributed by atoms with van der Waals surface area (Å²) in [5.74, 6) is 0. The van der Waals surface area contributed by atoms with Crippen LogP contribution < -0.4 is 5.19 Å². The molecule has 1 rings (SSSR count). The Morgan fingerprint density at radius 1 is 0.737 bits per heavy atom. The zero-order chi connectivity index (χ0) is 15.0. The van der Waals surface area contributed by atoms with Gasteiger partial charge >= 0.3 is 35.3 Å². The van der Waals surface area contributed by atoms with Crippen LogP contribution in [0.25, 0.3) is 16.0 Å². The Balaban J connectivity index is -0.0000000956. The quantitative estimate of drug-likeness (QED) is 0.412. The van der Waals surface area contributed by atoms with Crippen molar-refractivity contribution in [1.82, 2.24) is 0 Å². The largest absolute Gasteiger partial charge is 4.00 e. The van der Waals surface area contributed by atoms with Gasteiger partial charge in [-0.2, -0.15) is 54.4 Å². The predicted molar refractivity (Wildman–Crippen MR) is 76.4 cm³/mol. The molecule has 0 saturated carbocycles. The Hall–Kier alpha value is 0.120. The van der Waals surface area contributed by atoms with Crippen molar-refractivity contribution in [1.29, 1.82) is 0 Å². The van der Waals surface area contributed by atoms with E-state index in [0.29, 0.717) is 0 Å². The van der Waals surface area contributed by atoms with Crippen molar-refractivity contribution in [2.75, 3.05) is 42.3 Å². The van der Waals surface area contributed by atoms with E-state index in [9.17, 15) is 12.3 Å². The van der Waals surface area contributed by atoms with Crippen molar-refractivity contribution in [3.8, 4) is 0 Å². The predicted octanol–water partition coefficient (Wildman–Crippen LogP) is 3.32. The van der Waals surface area contributed by atoms with Gasteiger partial charge in [-0.25, -0.2) is 24.5 Å². The van der Waals surface area contributed by atoms with E-state index in [-0.39, 0.29) is 26.2 Å². The minimum absolute atomic E-state index is 0. The molecule has 8 heteroatoms. The molecule has 0 aromatic heterocycles. The summed E-state index contributed by atoms with van der Waals surface area (Å²) in [5, 5.41) is 10.1. The van der Waals surface area contributed by atoms with Crippen LogP contribution in [-0.4, -0.2) is 51.4 Å². The van der Waals surface area contributed by atoms with Crippen LogP contribution >= 0.6 is 0 Å². The van der Waals surface area contributed by atoms with Gasteiger partial charge in [-0.05, 0) is 0 Å². The van der Waals surface area contributed by atoms with E-state index >= 15 is 0 Å². The molecule has 110 valence electrons. The fourth-order valence-corrected chi connectivity index (χ4v) is 1.13. The van der Waals surface area contributed by atoms with E-state index in [1.807, 2.05) is 0 Å².